The zero-order valence-corrected chi connectivity index (χ0v) is 15.2. The Balaban J connectivity index is 1.58. The van der Waals surface area contributed by atoms with Gasteiger partial charge in [-0.2, -0.15) is 0 Å². The molecule has 2 aromatic rings. The van der Waals surface area contributed by atoms with Gasteiger partial charge in [-0.05, 0) is 36.0 Å². The summed E-state index contributed by atoms with van der Waals surface area (Å²) >= 11 is 0. The number of carbonyl (C=O) groups is 1. The summed E-state index contributed by atoms with van der Waals surface area (Å²) < 4.78 is 11.3. The first-order valence-electron chi connectivity index (χ1n) is 9.28. The van der Waals surface area contributed by atoms with E-state index < -0.39 is 0 Å². The molecule has 1 fully saturated rings. The third kappa shape index (κ3) is 2.99. The molecule has 2 aliphatic rings. The molecular formula is C22H25NO3. The van der Waals surface area contributed by atoms with E-state index in [2.05, 4.69) is 24.3 Å². The Bertz CT molecular complexity index is 772. The standard InChI is InChI=1S/C22H25NO3/c1-25-16-22-12-7-13-23(20(22)19-11-6-5-10-18(19)14-22)21(24)26-15-17-8-3-2-4-9-17/h2-6,8-11,20H,7,12-16H2,1H3/t20-,22+/m0/s1. The maximum atomic E-state index is 12.9. The van der Waals surface area contributed by atoms with Crippen molar-refractivity contribution in [3.05, 3.63) is 71.3 Å². The normalized spacial score (nSPS) is 24.0. The lowest BCUT2D eigenvalue weighted by Gasteiger charge is -2.45. The van der Waals surface area contributed by atoms with Gasteiger partial charge >= 0.3 is 6.09 Å². The molecule has 1 saturated heterocycles. The van der Waals surface area contributed by atoms with E-state index in [9.17, 15) is 4.79 Å². The van der Waals surface area contributed by atoms with Crippen LogP contribution in [0.15, 0.2) is 54.6 Å². The van der Waals surface area contributed by atoms with Gasteiger partial charge in [0.25, 0.3) is 0 Å². The van der Waals surface area contributed by atoms with Crippen molar-refractivity contribution in [3.63, 3.8) is 0 Å². The summed E-state index contributed by atoms with van der Waals surface area (Å²) in [7, 11) is 1.75. The lowest BCUT2D eigenvalue weighted by molar-refractivity contribution is -0.0296. The van der Waals surface area contributed by atoms with Crippen LogP contribution in [0.2, 0.25) is 0 Å². The molecule has 26 heavy (non-hydrogen) atoms. The van der Waals surface area contributed by atoms with Gasteiger partial charge in [0.05, 0.1) is 12.6 Å². The molecular weight excluding hydrogens is 326 g/mol. The predicted octanol–water partition coefficient (Wildman–Crippen LogP) is 4.35. The van der Waals surface area contributed by atoms with Crippen molar-refractivity contribution in [3.8, 4) is 0 Å². The number of carbonyl (C=O) groups excluding carboxylic acids is 1. The van der Waals surface area contributed by atoms with Gasteiger partial charge in [0.2, 0.25) is 0 Å². The number of ether oxygens (including phenoxy) is 2. The molecule has 4 nitrogen and oxygen atoms in total. The van der Waals surface area contributed by atoms with Crippen molar-refractivity contribution in [1.82, 2.24) is 4.90 Å². The molecule has 1 heterocycles. The summed E-state index contributed by atoms with van der Waals surface area (Å²) in [6.45, 7) is 1.70. The fourth-order valence-electron chi connectivity index (χ4n) is 4.71. The second kappa shape index (κ2) is 7.12. The Hall–Kier alpha value is -2.33. The molecule has 0 radical (unpaired) electrons. The van der Waals surface area contributed by atoms with Gasteiger partial charge in [0, 0.05) is 19.1 Å². The summed E-state index contributed by atoms with van der Waals surface area (Å²) in [5, 5.41) is 0. The average molecular weight is 351 g/mol. The van der Waals surface area contributed by atoms with Gasteiger partial charge in [0.1, 0.15) is 6.61 Å². The van der Waals surface area contributed by atoms with Crippen molar-refractivity contribution < 1.29 is 14.3 Å². The van der Waals surface area contributed by atoms with Gasteiger partial charge in [-0.25, -0.2) is 4.79 Å². The Labute approximate surface area is 154 Å². The molecule has 136 valence electrons. The smallest absolute Gasteiger partial charge is 0.410 e. The summed E-state index contributed by atoms with van der Waals surface area (Å²) in [5.74, 6) is 0. The number of rotatable bonds is 4. The molecule has 2 atom stereocenters. The van der Waals surface area contributed by atoms with E-state index in [1.54, 1.807) is 7.11 Å². The van der Waals surface area contributed by atoms with E-state index in [1.165, 1.54) is 11.1 Å². The molecule has 4 rings (SSSR count). The maximum absolute atomic E-state index is 12.9. The molecule has 0 N–H and O–H groups in total. The van der Waals surface area contributed by atoms with Crippen molar-refractivity contribution in [2.24, 2.45) is 5.41 Å². The van der Waals surface area contributed by atoms with Crippen LogP contribution in [0.3, 0.4) is 0 Å². The number of piperidine rings is 1. The van der Waals surface area contributed by atoms with Crippen LogP contribution < -0.4 is 0 Å². The summed E-state index contributed by atoms with van der Waals surface area (Å²) in [4.78, 5) is 14.9. The van der Waals surface area contributed by atoms with Crippen molar-refractivity contribution in [1.29, 1.82) is 0 Å². The molecule has 0 bridgehead atoms. The largest absolute Gasteiger partial charge is 0.445 e. The number of likely N-dealkylation sites (tertiary alicyclic amines) is 1. The summed E-state index contributed by atoms with van der Waals surface area (Å²) in [5.41, 5.74) is 3.55. The molecule has 0 spiro atoms. The van der Waals surface area contributed by atoms with E-state index in [1.807, 2.05) is 35.2 Å². The molecule has 1 amide bonds. The van der Waals surface area contributed by atoms with Crippen LogP contribution >= 0.6 is 0 Å². The molecule has 2 aromatic carbocycles. The highest BCUT2D eigenvalue weighted by atomic mass is 16.6. The van der Waals surface area contributed by atoms with Crippen LogP contribution in [0.1, 0.15) is 35.6 Å². The monoisotopic (exact) mass is 351 g/mol. The fraction of sp³-hybridized carbons (Fsp3) is 0.409. The SMILES string of the molecule is COC[C@]12CCCN(C(=O)OCc3ccccc3)[C@H]1c1ccccc1C2. The minimum absolute atomic E-state index is 0.0377. The second-order valence-electron chi connectivity index (χ2n) is 7.41. The van der Waals surface area contributed by atoms with Gasteiger partial charge in [-0.1, -0.05) is 54.6 Å². The minimum Gasteiger partial charge on any atom is -0.445 e. The number of fused-ring (bicyclic) bond motifs is 3. The quantitative estimate of drug-likeness (QED) is 0.822. The van der Waals surface area contributed by atoms with Crippen molar-refractivity contribution >= 4 is 6.09 Å². The molecule has 0 aromatic heterocycles. The van der Waals surface area contributed by atoms with Gasteiger partial charge in [-0.15, -0.1) is 0 Å². The second-order valence-corrected chi connectivity index (χ2v) is 7.41. The number of methoxy groups -OCH3 is 1. The van der Waals surface area contributed by atoms with Crippen LogP contribution in [-0.4, -0.2) is 31.3 Å². The Morgan fingerprint density at radius 2 is 1.92 bits per heavy atom. The first kappa shape index (κ1) is 17.1. The van der Waals surface area contributed by atoms with Crippen molar-refractivity contribution in [2.45, 2.75) is 31.9 Å². The average Bonchev–Trinajstić information content (AvgIpc) is 3.01. The molecule has 0 saturated carbocycles. The number of amides is 1. The summed E-state index contributed by atoms with van der Waals surface area (Å²) in [6.07, 6.45) is 2.79. The Morgan fingerprint density at radius 3 is 2.73 bits per heavy atom. The van der Waals surface area contributed by atoms with Crippen LogP contribution in [0.25, 0.3) is 0 Å². The molecule has 0 unspecified atom stereocenters. The molecule has 1 aliphatic heterocycles. The third-order valence-corrected chi connectivity index (χ3v) is 5.73. The van der Waals surface area contributed by atoms with E-state index in [0.717, 1.165) is 31.4 Å². The van der Waals surface area contributed by atoms with Crippen LogP contribution in [0.5, 0.6) is 0 Å². The maximum Gasteiger partial charge on any atom is 0.410 e. The summed E-state index contributed by atoms with van der Waals surface area (Å²) in [6, 6.07) is 18.3. The Morgan fingerprint density at radius 1 is 1.15 bits per heavy atom. The Kier molecular flexibility index (Phi) is 4.68. The highest BCUT2D eigenvalue weighted by Crippen LogP contribution is 2.54. The predicted molar refractivity (Wildman–Crippen MR) is 99.8 cm³/mol. The number of benzene rings is 2. The highest BCUT2D eigenvalue weighted by molar-refractivity contribution is 5.69. The molecule has 1 aliphatic carbocycles. The first-order valence-corrected chi connectivity index (χ1v) is 9.28. The zero-order valence-electron chi connectivity index (χ0n) is 15.2. The van der Waals surface area contributed by atoms with E-state index in [0.29, 0.717) is 13.2 Å². The number of nitrogens with zero attached hydrogens (tertiary/aromatic N) is 1. The number of hydrogen-bond donors (Lipinski definition) is 0. The lowest BCUT2D eigenvalue weighted by atomic mass is 9.74. The van der Waals surface area contributed by atoms with Crippen LogP contribution in [-0.2, 0) is 22.5 Å². The lowest BCUT2D eigenvalue weighted by Crippen LogP contribution is -2.49. The molecule has 4 heteroatoms. The fourth-order valence-corrected chi connectivity index (χ4v) is 4.71. The third-order valence-electron chi connectivity index (χ3n) is 5.73. The highest BCUT2D eigenvalue weighted by Gasteiger charge is 2.52. The van der Waals surface area contributed by atoms with Gasteiger partial charge in [-0.3, -0.25) is 0 Å². The topological polar surface area (TPSA) is 38.8 Å². The van der Waals surface area contributed by atoms with Gasteiger partial charge < -0.3 is 14.4 Å². The van der Waals surface area contributed by atoms with Crippen molar-refractivity contribution in [2.75, 3.05) is 20.3 Å². The minimum atomic E-state index is -0.226. The van der Waals surface area contributed by atoms with E-state index in [4.69, 9.17) is 9.47 Å². The van der Waals surface area contributed by atoms with Crippen LogP contribution in [0.4, 0.5) is 4.79 Å². The zero-order chi connectivity index (χ0) is 18.0. The van der Waals surface area contributed by atoms with E-state index in [-0.39, 0.29) is 17.6 Å². The van der Waals surface area contributed by atoms with Gasteiger partial charge in [0.15, 0.2) is 0 Å². The first-order chi connectivity index (χ1) is 12.7. The van der Waals surface area contributed by atoms with Crippen LogP contribution in [0, 0.1) is 5.41 Å². The van der Waals surface area contributed by atoms with E-state index >= 15 is 0 Å². The number of hydrogen-bond acceptors (Lipinski definition) is 3.